The van der Waals surface area contributed by atoms with Crippen molar-refractivity contribution >= 4 is 29.3 Å². The number of carbonyl (C=O) groups excluding carboxylic acids is 2. The summed E-state index contributed by atoms with van der Waals surface area (Å²) in [4.78, 5) is 30.7. The van der Waals surface area contributed by atoms with Gasteiger partial charge in [-0.25, -0.2) is 4.98 Å². The second kappa shape index (κ2) is 11.2. The van der Waals surface area contributed by atoms with E-state index in [1.165, 1.54) is 11.8 Å². The highest BCUT2D eigenvalue weighted by atomic mass is 32.2. The predicted octanol–water partition coefficient (Wildman–Crippen LogP) is 3.35. The minimum Gasteiger partial charge on any atom is -0.497 e. The van der Waals surface area contributed by atoms with Crippen LogP contribution >= 0.6 is 11.8 Å². The maximum atomic E-state index is 13.2. The van der Waals surface area contributed by atoms with E-state index in [1.807, 2.05) is 25.1 Å². The van der Waals surface area contributed by atoms with Gasteiger partial charge in [0.2, 0.25) is 11.8 Å². The van der Waals surface area contributed by atoms with Crippen molar-refractivity contribution in [1.82, 2.24) is 9.55 Å². The van der Waals surface area contributed by atoms with Crippen LogP contribution in [-0.2, 0) is 16.1 Å². The number of benzene rings is 2. The molecule has 0 atom stereocenters. The van der Waals surface area contributed by atoms with Gasteiger partial charge < -0.3 is 29.4 Å². The normalized spacial score (nSPS) is 12.3. The van der Waals surface area contributed by atoms with Crippen molar-refractivity contribution in [3.63, 3.8) is 0 Å². The maximum absolute atomic E-state index is 13.2. The van der Waals surface area contributed by atoms with Crippen molar-refractivity contribution in [2.75, 3.05) is 37.5 Å². The van der Waals surface area contributed by atoms with Crippen LogP contribution in [0.3, 0.4) is 0 Å². The quantitative estimate of drug-likeness (QED) is 0.429. The Labute approximate surface area is 208 Å². The molecule has 1 aromatic heterocycles. The van der Waals surface area contributed by atoms with Gasteiger partial charge in [-0.1, -0.05) is 11.8 Å². The van der Waals surface area contributed by atoms with Crippen LogP contribution in [0.5, 0.6) is 17.2 Å². The summed E-state index contributed by atoms with van der Waals surface area (Å²) in [7, 11) is 1.58. The SMILES string of the molecule is CCn1c(-c2ccc3c(c2)OCCO3)cnc1SCC(=O)N(CCC(N)=O)c1ccc(OC)cc1. The fourth-order valence-corrected chi connectivity index (χ4v) is 4.72. The van der Waals surface area contributed by atoms with Crippen LogP contribution in [0.15, 0.2) is 53.8 Å². The van der Waals surface area contributed by atoms with Crippen molar-refractivity contribution in [1.29, 1.82) is 0 Å². The van der Waals surface area contributed by atoms with Crippen LogP contribution in [0.2, 0.25) is 0 Å². The van der Waals surface area contributed by atoms with E-state index in [0.29, 0.717) is 36.9 Å². The van der Waals surface area contributed by atoms with Gasteiger partial charge in [-0.3, -0.25) is 9.59 Å². The summed E-state index contributed by atoms with van der Waals surface area (Å²) in [6.07, 6.45) is 1.87. The molecule has 0 fully saturated rings. The largest absolute Gasteiger partial charge is 0.497 e. The first-order valence-corrected chi connectivity index (χ1v) is 12.3. The van der Waals surface area contributed by atoms with E-state index in [2.05, 4.69) is 9.55 Å². The molecule has 0 aliphatic carbocycles. The monoisotopic (exact) mass is 496 g/mol. The number of hydrogen-bond acceptors (Lipinski definition) is 7. The number of carbonyl (C=O) groups is 2. The zero-order valence-corrected chi connectivity index (χ0v) is 20.5. The van der Waals surface area contributed by atoms with Crippen molar-refractivity contribution in [3.05, 3.63) is 48.7 Å². The van der Waals surface area contributed by atoms with Crippen molar-refractivity contribution < 1.29 is 23.8 Å². The molecule has 35 heavy (non-hydrogen) atoms. The van der Waals surface area contributed by atoms with Gasteiger partial charge in [0.05, 0.1) is 24.8 Å². The number of primary amides is 1. The molecule has 9 nitrogen and oxygen atoms in total. The lowest BCUT2D eigenvalue weighted by Gasteiger charge is -2.22. The molecule has 0 spiro atoms. The number of nitrogens with zero attached hydrogens (tertiary/aromatic N) is 3. The number of imidazole rings is 1. The van der Waals surface area contributed by atoms with Gasteiger partial charge in [-0.15, -0.1) is 0 Å². The highest BCUT2D eigenvalue weighted by Crippen LogP contribution is 2.35. The molecular weight excluding hydrogens is 468 g/mol. The Balaban J connectivity index is 1.50. The number of amides is 2. The zero-order valence-electron chi connectivity index (χ0n) is 19.7. The minimum absolute atomic E-state index is 0.0697. The molecule has 3 aromatic rings. The van der Waals surface area contributed by atoms with Crippen LogP contribution in [0, 0.1) is 0 Å². The maximum Gasteiger partial charge on any atom is 0.237 e. The molecule has 2 N–H and O–H groups in total. The number of ether oxygens (including phenoxy) is 3. The number of nitrogens with two attached hydrogens (primary N) is 1. The van der Waals surface area contributed by atoms with Crippen LogP contribution in [0.4, 0.5) is 5.69 Å². The van der Waals surface area contributed by atoms with Gasteiger partial charge in [0.25, 0.3) is 0 Å². The lowest BCUT2D eigenvalue weighted by Crippen LogP contribution is -2.35. The van der Waals surface area contributed by atoms with Crippen LogP contribution in [0.25, 0.3) is 11.3 Å². The summed E-state index contributed by atoms with van der Waals surface area (Å²) in [6.45, 7) is 3.98. The number of hydrogen-bond donors (Lipinski definition) is 1. The molecule has 0 saturated heterocycles. The summed E-state index contributed by atoms with van der Waals surface area (Å²) in [5, 5.41) is 0.732. The summed E-state index contributed by atoms with van der Waals surface area (Å²) in [6, 6.07) is 13.0. The summed E-state index contributed by atoms with van der Waals surface area (Å²) >= 11 is 1.35. The molecule has 4 rings (SSSR count). The Kier molecular flexibility index (Phi) is 7.81. The first-order chi connectivity index (χ1) is 17.0. The molecule has 2 heterocycles. The highest BCUT2D eigenvalue weighted by Gasteiger charge is 2.20. The molecule has 1 aliphatic heterocycles. The first kappa shape index (κ1) is 24.5. The van der Waals surface area contributed by atoms with Gasteiger partial charge in [-0.2, -0.15) is 0 Å². The van der Waals surface area contributed by atoms with Crippen molar-refractivity contribution in [2.24, 2.45) is 5.73 Å². The van der Waals surface area contributed by atoms with Gasteiger partial charge in [0.15, 0.2) is 16.7 Å². The predicted molar refractivity (Wildman–Crippen MR) is 134 cm³/mol. The lowest BCUT2D eigenvalue weighted by molar-refractivity contribution is -0.118. The van der Waals surface area contributed by atoms with E-state index in [-0.39, 0.29) is 24.6 Å². The van der Waals surface area contributed by atoms with E-state index in [4.69, 9.17) is 19.9 Å². The lowest BCUT2D eigenvalue weighted by atomic mass is 10.1. The number of thioether (sulfide) groups is 1. The van der Waals surface area contributed by atoms with Gasteiger partial charge >= 0.3 is 0 Å². The average molecular weight is 497 g/mol. The number of aromatic nitrogens is 2. The van der Waals surface area contributed by atoms with E-state index in [1.54, 1.807) is 42.5 Å². The molecule has 0 saturated carbocycles. The Morgan fingerprint density at radius 2 is 1.89 bits per heavy atom. The van der Waals surface area contributed by atoms with Gasteiger partial charge in [0.1, 0.15) is 19.0 Å². The van der Waals surface area contributed by atoms with Crippen LogP contribution in [-0.4, -0.2) is 54.0 Å². The van der Waals surface area contributed by atoms with Gasteiger partial charge in [-0.05, 0) is 49.4 Å². The minimum atomic E-state index is -0.463. The number of anilines is 1. The standard InChI is InChI=1S/C25H28N4O5S/c1-3-28-20(17-4-9-21-22(14-17)34-13-12-33-21)15-27-25(28)35-16-24(31)29(11-10-23(26)30)18-5-7-19(32-2)8-6-18/h4-9,14-15H,3,10-13,16H2,1-2H3,(H2,26,30). The molecule has 0 radical (unpaired) electrons. The third kappa shape index (κ3) is 5.71. The molecule has 0 bridgehead atoms. The third-order valence-corrected chi connectivity index (χ3v) is 6.54. The van der Waals surface area contributed by atoms with E-state index in [0.717, 1.165) is 22.2 Å². The molecule has 0 unspecified atom stereocenters. The molecule has 2 amide bonds. The molecule has 2 aromatic carbocycles. The molecular formula is C25H28N4O5S. The summed E-state index contributed by atoms with van der Waals surface area (Å²) < 4.78 is 18.6. The highest BCUT2D eigenvalue weighted by molar-refractivity contribution is 7.99. The summed E-state index contributed by atoms with van der Waals surface area (Å²) in [5.41, 5.74) is 7.90. The molecule has 10 heteroatoms. The third-order valence-electron chi connectivity index (χ3n) is 5.56. The molecule has 184 valence electrons. The van der Waals surface area contributed by atoms with Crippen LogP contribution < -0.4 is 24.8 Å². The zero-order chi connectivity index (χ0) is 24.8. The van der Waals surface area contributed by atoms with E-state index in [9.17, 15) is 9.59 Å². The first-order valence-electron chi connectivity index (χ1n) is 11.3. The average Bonchev–Trinajstić information content (AvgIpc) is 3.30. The Morgan fingerprint density at radius 3 is 2.57 bits per heavy atom. The topological polar surface area (TPSA) is 109 Å². The second-order valence-corrected chi connectivity index (χ2v) is 8.72. The fraction of sp³-hybridized carbons (Fsp3) is 0.320. The van der Waals surface area contributed by atoms with Gasteiger partial charge in [0, 0.05) is 30.8 Å². The smallest absolute Gasteiger partial charge is 0.237 e. The Morgan fingerprint density at radius 1 is 1.14 bits per heavy atom. The number of rotatable bonds is 10. The summed E-state index contributed by atoms with van der Waals surface area (Å²) in [5.74, 6) is 1.68. The van der Waals surface area contributed by atoms with Crippen LogP contribution in [0.1, 0.15) is 13.3 Å². The number of methoxy groups -OCH3 is 1. The van der Waals surface area contributed by atoms with E-state index < -0.39 is 5.91 Å². The number of fused-ring (bicyclic) bond motifs is 1. The fourth-order valence-electron chi connectivity index (χ4n) is 3.80. The van der Waals surface area contributed by atoms with Crippen molar-refractivity contribution in [2.45, 2.75) is 25.0 Å². The van der Waals surface area contributed by atoms with Crippen molar-refractivity contribution in [3.8, 4) is 28.5 Å². The Bertz CT molecular complexity index is 1200. The Hall–Kier alpha value is -3.66. The van der Waals surface area contributed by atoms with E-state index >= 15 is 0 Å². The molecule has 1 aliphatic rings. The second-order valence-electron chi connectivity index (χ2n) is 7.78.